The number of nitrogens with zero attached hydrogens (tertiary/aromatic N) is 2. The standard InChI is InChI=1S/C14H21N3O2/c1-8(2)12-6-9(3)15-14(17-12)16-11-5-4-10(7-11)13(18)19/h6,8,10-11H,4-5,7H2,1-3H3,(H,18,19)(H,15,16,17)/t10-,11+/m1/s1. The van der Waals surface area contributed by atoms with Crippen LogP contribution < -0.4 is 5.32 Å². The molecular weight excluding hydrogens is 242 g/mol. The highest BCUT2D eigenvalue weighted by molar-refractivity contribution is 5.70. The van der Waals surface area contributed by atoms with Crippen LogP contribution in [0.25, 0.3) is 0 Å². The molecule has 2 N–H and O–H groups in total. The number of carboxylic acid groups (broad SMARTS) is 1. The van der Waals surface area contributed by atoms with Crippen molar-refractivity contribution >= 4 is 11.9 Å². The third kappa shape index (κ3) is 3.43. The first-order valence-electron chi connectivity index (χ1n) is 6.80. The summed E-state index contributed by atoms with van der Waals surface area (Å²) in [5.41, 5.74) is 1.96. The SMILES string of the molecule is Cc1cc(C(C)C)nc(N[C@H]2CC[C@@H](C(=O)O)C2)n1. The second kappa shape index (κ2) is 5.55. The van der Waals surface area contributed by atoms with Gasteiger partial charge in [-0.3, -0.25) is 4.79 Å². The van der Waals surface area contributed by atoms with Gasteiger partial charge in [0.2, 0.25) is 5.95 Å². The zero-order valence-electron chi connectivity index (χ0n) is 11.7. The molecule has 19 heavy (non-hydrogen) atoms. The maximum absolute atomic E-state index is 10.9. The van der Waals surface area contributed by atoms with Crippen LogP contribution in [0.1, 0.15) is 50.4 Å². The lowest BCUT2D eigenvalue weighted by Crippen LogP contribution is -2.20. The Morgan fingerprint density at radius 3 is 2.74 bits per heavy atom. The number of carboxylic acids is 1. The largest absolute Gasteiger partial charge is 0.481 e. The summed E-state index contributed by atoms with van der Waals surface area (Å²) < 4.78 is 0. The van der Waals surface area contributed by atoms with Crippen LogP contribution in [0.5, 0.6) is 0 Å². The number of hydrogen-bond donors (Lipinski definition) is 2. The van der Waals surface area contributed by atoms with Gasteiger partial charge in [0.25, 0.3) is 0 Å². The van der Waals surface area contributed by atoms with E-state index in [9.17, 15) is 4.79 Å². The van der Waals surface area contributed by atoms with Gasteiger partial charge in [0.15, 0.2) is 0 Å². The van der Waals surface area contributed by atoms with E-state index in [-0.39, 0.29) is 12.0 Å². The van der Waals surface area contributed by atoms with E-state index >= 15 is 0 Å². The molecule has 2 atom stereocenters. The smallest absolute Gasteiger partial charge is 0.306 e. The zero-order chi connectivity index (χ0) is 14.0. The monoisotopic (exact) mass is 263 g/mol. The lowest BCUT2D eigenvalue weighted by Gasteiger charge is -2.14. The van der Waals surface area contributed by atoms with Crippen LogP contribution >= 0.6 is 0 Å². The summed E-state index contributed by atoms with van der Waals surface area (Å²) in [5, 5.41) is 12.3. The predicted molar refractivity (Wildman–Crippen MR) is 73.2 cm³/mol. The molecule has 0 spiro atoms. The first kappa shape index (κ1) is 13.8. The molecular formula is C14H21N3O2. The van der Waals surface area contributed by atoms with Crippen molar-refractivity contribution < 1.29 is 9.90 Å². The molecule has 0 saturated heterocycles. The van der Waals surface area contributed by atoms with Crippen LogP contribution in [0, 0.1) is 12.8 Å². The summed E-state index contributed by atoms with van der Waals surface area (Å²) in [6, 6.07) is 2.16. The van der Waals surface area contributed by atoms with E-state index < -0.39 is 5.97 Å². The minimum atomic E-state index is -0.697. The molecule has 0 amide bonds. The van der Waals surface area contributed by atoms with E-state index in [0.717, 1.165) is 24.2 Å². The molecule has 5 heteroatoms. The van der Waals surface area contributed by atoms with Crippen LogP contribution in [0.2, 0.25) is 0 Å². The lowest BCUT2D eigenvalue weighted by molar-refractivity contribution is -0.141. The summed E-state index contributed by atoms with van der Waals surface area (Å²) in [7, 11) is 0. The molecule has 0 bridgehead atoms. The van der Waals surface area contributed by atoms with E-state index in [0.29, 0.717) is 18.3 Å². The quantitative estimate of drug-likeness (QED) is 0.873. The number of hydrogen-bond acceptors (Lipinski definition) is 4. The Morgan fingerprint density at radius 1 is 1.42 bits per heavy atom. The molecule has 0 aliphatic heterocycles. The molecule has 0 unspecified atom stereocenters. The Kier molecular flexibility index (Phi) is 4.02. The maximum atomic E-state index is 10.9. The Balaban J connectivity index is 2.06. The van der Waals surface area contributed by atoms with Crippen molar-refractivity contribution in [2.75, 3.05) is 5.32 Å². The van der Waals surface area contributed by atoms with Gasteiger partial charge in [0, 0.05) is 17.4 Å². The highest BCUT2D eigenvalue weighted by Crippen LogP contribution is 2.27. The summed E-state index contributed by atoms with van der Waals surface area (Å²) in [4.78, 5) is 19.8. The first-order valence-corrected chi connectivity index (χ1v) is 6.80. The fraction of sp³-hybridized carbons (Fsp3) is 0.643. The number of carbonyl (C=O) groups is 1. The number of aryl methyl sites for hydroxylation is 1. The number of anilines is 1. The molecule has 2 rings (SSSR count). The summed E-state index contributed by atoms with van der Waals surface area (Å²) in [5.74, 6) is 0.0570. The van der Waals surface area contributed by atoms with Crippen LogP contribution in [-0.4, -0.2) is 27.1 Å². The van der Waals surface area contributed by atoms with Crippen LogP contribution in [-0.2, 0) is 4.79 Å². The van der Waals surface area contributed by atoms with Gasteiger partial charge in [-0.25, -0.2) is 9.97 Å². The molecule has 1 aliphatic carbocycles. The van der Waals surface area contributed by atoms with E-state index in [4.69, 9.17) is 5.11 Å². The van der Waals surface area contributed by atoms with Crippen LogP contribution in [0.15, 0.2) is 6.07 Å². The molecule has 104 valence electrons. The molecule has 1 fully saturated rings. The van der Waals surface area contributed by atoms with Crippen LogP contribution in [0.4, 0.5) is 5.95 Å². The van der Waals surface area contributed by atoms with Gasteiger partial charge >= 0.3 is 5.97 Å². The van der Waals surface area contributed by atoms with Gasteiger partial charge in [-0.15, -0.1) is 0 Å². The second-order valence-electron chi connectivity index (χ2n) is 5.60. The Morgan fingerprint density at radius 2 is 2.16 bits per heavy atom. The Bertz CT molecular complexity index is 474. The predicted octanol–water partition coefficient (Wildman–Crippen LogP) is 2.57. The lowest BCUT2D eigenvalue weighted by atomic mass is 10.1. The molecule has 1 aliphatic rings. The number of aromatic nitrogens is 2. The minimum absolute atomic E-state index is 0.169. The zero-order valence-corrected chi connectivity index (χ0v) is 11.7. The molecule has 1 aromatic heterocycles. The summed E-state index contributed by atoms with van der Waals surface area (Å²) in [6.07, 6.45) is 2.25. The third-order valence-corrected chi connectivity index (χ3v) is 3.58. The van der Waals surface area contributed by atoms with Crippen LogP contribution in [0.3, 0.4) is 0 Å². The Hall–Kier alpha value is -1.65. The third-order valence-electron chi connectivity index (χ3n) is 3.58. The van der Waals surface area contributed by atoms with Gasteiger partial charge in [-0.2, -0.15) is 0 Å². The minimum Gasteiger partial charge on any atom is -0.481 e. The van der Waals surface area contributed by atoms with Crippen molar-refractivity contribution in [3.8, 4) is 0 Å². The van der Waals surface area contributed by atoms with Crippen molar-refractivity contribution in [1.29, 1.82) is 0 Å². The number of rotatable bonds is 4. The molecule has 0 aromatic carbocycles. The highest BCUT2D eigenvalue weighted by Gasteiger charge is 2.30. The average molecular weight is 263 g/mol. The summed E-state index contributed by atoms with van der Waals surface area (Å²) >= 11 is 0. The second-order valence-corrected chi connectivity index (χ2v) is 5.60. The van der Waals surface area contributed by atoms with E-state index in [1.165, 1.54) is 0 Å². The van der Waals surface area contributed by atoms with Gasteiger partial charge in [-0.1, -0.05) is 13.8 Å². The van der Waals surface area contributed by atoms with Gasteiger partial charge in [0.05, 0.1) is 5.92 Å². The fourth-order valence-electron chi connectivity index (χ4n) is 2.47. The topological polar surface area (TPSA) is 75.1 Å². The molecule has 1 saturated carbocycles. The van der Waals surface area contributed by atoms with Crippen molar-refractivity contribution in [3.05, 3.63) is 17.5 Å². The summed E-state index contributed by atoms with van der Waals surface area (Å²) in [6.45, 7) is 6.15. The molecule has 5 nitrogen and oxygen atoms in total. The van der Waals surface area contributed by atoms with Gasteiger partial charge < -0.3 is 10.4 Å². The average Bonchev–Trinajstić information content (AvgIpc) is 2.76. The fourth-order valence-corrected chi connectivity index (χ4v) is 2.47. The Labute approximate surface area is 113 Å². The normalized spacial score (nSPS) is 22.7. The van der Waals surface area contributed by atoms with Crippen molar-refractivity contribution in [1.82, 2.24) is 9.97 Å². The highest BCUT2D eigenvalue weighted by atomic mass is 16.4. The van der Waals surface area contributed by atoms with E-state index in [1.807, 2.05) is 13.0 Å². The van der Waals surface area contributed by atoms with Crippen molar-refractivity contribution in [2.24, 2.45) is 5.92 Å². The maximum Gasteiger partial charge on any atom is 0.306 e. The van der Waals surface area contributed by atoms with Gasteiger partial charge in [-0.05, 0) is 38.2 Å². The van der Waals surface area contributed by atoms with Crippen molar-refractivity contribution in [3.63, 3.8) is 0 Å². The number of nitrogens with one attached hydrogen (secondary N) is 1. The molecule has 1 aromatic rings. The van der Waals surface area contributed by atoms with E-state index in [2.05, 4.69) is 29.1 Å². The van der Waals surface area contributed by atoms with E-state index in [1.54, 1.807) is 0 Å². The molecule has 1 heterocycles. The first-order chi connectivity index (χ1) is 8.95. The number of aliphatic carboxylic acids is 1. The van der Waals surface area contributed by atoms with Gasteiger partial charge in [0.1, 0.15) is 0 Å². The molecule has 0 radical (unpaired) electrons. The van der Waals surface area contributed by atoms with Crippen molar-refractivity contribution in [2.45, 2.75) is 52.0 Å².